The van der Waals surface area contributed by atoms with Gasteiger partial charge in [-0.2, -0.15) is 0 Å². The number of benzene rings is 2. The van der Waals surface area contributed by atoms with E-state index < -0.39 is 0 Å². The van der Waals surface area contributed by atoms with E-state index in [1.807, 2.05) is 42.5 Å². The Morgan fingerprint density at radius 2 is 1.64 bits per heavy atom. The lowest BCUT2D eigenvalue weighted by Gasteiger charge is -2.31. The second-order valence-electron chi connectivity index (χ2n) is 5.73. The highest BCUT2D eigenvalue weighted by molar-refractivity contribution is 6.04. The van der Waals surface area contributed by atoms with E-state index in [4.69, 9.17) is 0 Å². The molecule has 0 amide bonds. The maximum atomic E-state index is 12.4. The number of hydrogen-bond acceptors (Lipinski definition) is 2. The van der Waals surface area contributed by atoms with Gasteiger partial charge >= 0.3 is 0 Å². The molecule has 1 aliphatic heterocycles. The third-order valence-corrected chi connectivity index (χ3v) is 4.09. The minimum absolute atomic E-state index is 0.107. The fraction of sp³-hybridized carbons (Fsp3) is 0.250. The molecule has 2 heteroatoms. The van der Waals surface area contributed by atoms with Crippen LogP contribution in [0.2, 0.25) is 0 Å². The number of carbonyl (C=O) groups excluding carboxylic acids is 1. The van der Waals surface area contributed by atoms with Crippen molar-refractivity contribution in [3.8, 4) is 0 Å². The summed E-state index contributed by atoms with van der Waals surface area (Å²) in [7, 11) is 0. The topological polar surface area (TPSA) is 20.3 Å². The maximum Gasteiger partial charge on any atom is 0.187 e. The Bertz CT molecular complexity index is 646. The summed E-state index contributed by atoms with van der Waals surface area (Å²) >= 11 is 0. The lowest BCUT2D eigenvalue weighted by atomic mass is 10.0. The van der Waals surface area contributed by atoms with E-state index in [0.29, 0.717) is 0 Å². The van der Waals surface area contributed by atoms with Gasteiger partial charge in [0.1, 0.15) is 0 Å². The zero-order valence-electron chi connectivity index (χ0n) is 12.7. The summed E-state index contributed by atoms with van der Waals surface area (Å²) in [5, 5.41) is 0. The van der Waals surface area contributed by atoms with Gasteiger partial charge in [0, 0.05) is 30.4 Å². The molecule has 1 saturated heterocycles. The predicted octanol–water partition coefficient (Wildman–Crippen LogP) is 4.44. The number of hydrogen-bond donors (Lipinski definition) is 0. The molecular formula is C20H21NO. The van der Waals surface area contributed by atoms with Crippen LogP contribution in [0.5, 0.6) is 0 Å². The molecule has 0 saturated carbocycles. The van der Waals surface area contributed by atoms with E-state index in [0.717, 1.165) is 25.1 Å². The normalized spacial score (nSPS) is 16.7. The summed E-state index contributed by atoms with van der Waals surface area (Å²) in [5.41, 5.74) is 3.23. The lowest BCUT2D eigenvalue weighted by molar-refractivity contribution is 0.104. The second kappa shape index (κ2) is 7.08. The summed E-state index contributed by atoms with van der Waals surface area (Å²) < 4.78 is 0. The molecule has 112 valence electrons. The first-order valence-corrected chi connectivity index (χ1v) is 7.92. The first-order chi connectivity index (χ1) is 10.8. The van der Waals surface area contributed by atoms with Crippen molar-refractivity contribution in [1.29, 1.82) is 0 Å². The number of ketones is 1. The lowest BCUT2D eigenvalue weighted by Crippen LogP contribution is -2.28. The zero-order chi connectivity index (χ0) is 15.2. The van der Waals surface area contributed by atoms with Gasteiger partial charge in [-0.15, -0.1) is 0 Å². The maximum absolute atomic E-state index is 12.4. The first kappa shape index (κ1) is 14.6. The Morgan fingerprint density at radius 1 is 0.955 bits per heavy atom. The van der Waals surface area contributed by atoms with Crippen LogP contribution < -0.4 is 0 Å². The van der Waals surface area contributed by atoms with E-state index in [9.17, 15) is 4.79 Å². The molecule has 0 aliphatic carbocycles. The molecule has 2 nitrogen and oxygen atoms in total. The van der Waals surface area contributed by atoms with Crippen molar-refractivity contribution in [1.82, 2.24) is 4.90 Å². The largest absolute Gasteiger partial charge is 0.370 e. The van der Waals surface area contributed by atoms with Gasteiger partial charge in [-0.25, -0.2) is 0 Å². The van der Waals surface area contributed by atoms with E-state index in [-0.39, 0.29) is 5.78 Å². The molecule has 0 unspecified atom stereocenters. The van der Waals surface area contributed by atoms with E-state index in [1.54, 1.807) is 0 Å². The molecule has 0 bridgehead atoms. The summed E-state index contributed by atoms with van der Waals surface area (Å²) in [6, 6.07) is 20.0. The van der Waals surface area contributed by atoms with Crippen LogP contribution in [0.3, 0.4) is 0 Å². The van der Waals surface area contributed by atoms with Gasteiger partial charge in [-0.05, 0) is 24.8 Å². The summed E-state index contributed by atoms with van der Waals surface area (Å²) in [6.07, 6.45) is 5.19. The number of likely N-dealkylation sites (tertiary alicyclic amines) is 1. The van der Waals surface area contributed by atoms with Crippen molar-refractivity contribution in [3.63, 3.8) is 0 Å². The molecule has 2 aromatic carbocycles. The third kappa shape index (κ3) is 3.64. The molecular weight excluding hydrogens is 270 g/mol. The van der Waals surface area contributed by atoms with Crippen LogP contribution in [-0.2, 0) is 6.54 Å². The fourth-order valence-corrected chi connectivity index (χ4v) is 2.90. The molecule has 0 aromatic heterocycles. The van der Waals surface area contributed by atoms with Crippen molar-refractivity contribution >= 4 is 5.78 Å². The summed E-state index contributed by atoms with van der Waals surface area (Å²) in [5.74, 6) is 0.107. The smallest absolute Gasteiger partial charge is 0.187 e. The minimum Gasteiger partial charge on any atom is -0.370 e. The highest BCUT2D eigenvalue weighted by atomic mass is 16.1. The predicted molar refractivity (Wildman–Crippen MR) is 89.6 cm³/mol. The monoisotopic (exact) mass is 291 g/mol. The first-order valence-electron chi connectivity index (χ1n) is 7.92. The van der Waals surface area contributed by atoms with Gasteiger partial charge in [-0.3, -0.25) is 4.79 Å². The van der Waals surface area contributed by atoms with E-state index in [1.165, 1.54) is 24.1 Å². The standard InChI is InChI=1S/C20H21NO/c22-20(18-11-5-2-6-12-18)15-19-13-7-8-14-21(19)16-17-9-3-1-4-10-17/h1-6,9-12,15H,7-8,13-14,16H2/b19-15+. The van der Waals surface area contributed by atoms with Crippen LogP contribution in [0.15, 0.2) is 72.4 Å². The van der Waals surface area contributed by atoms with Gasteiger partial charge in [0.15, 0.2) is 5.78 Å². The SMILES string of the molecule is O=C(/C=C1\CCCCN1Cc1ccccc1)c1ccccc1. The highest BCUT2D eigenvalue weighted by Crippen LogP contribution is 2.23. The molecule has 1 heterocycles. The van der Waals surface area contributed by atoms with E-state index in [2.05, 4.69) is 29.2 Å². The van der Waals surface area contributed by atoms with Gasteiger partial charge in [-0.1, -0.05) is 60.7 Å². The van der Waals surface area contributed by atoms with Gasteiger partial charge in [0.2, 0.25) is 0 Å². The van der Waals surface area contributed by atoms with Gasteiger partial charge < -0.3 is 4.90 Å². The number of piperidine rings is 1. The van der Waals surface area contributed by atoms with Gasteiger partial charge in [0.05, 0.1) is 0 Å². The summed E-state index contributed by atoms with van der Waals surface area (Å²) in [4.78, 5) is 14.8. The number of nitrogens with zero attached hydrogens (tertiary/aromatic N) is 1. The molecule has 0 radical (unpaired) electrons. The van der Waals surface area contributed by atoms with Crippen molar-refractivity contribution in [2.45, 2.75) is 25.8 Å². The third-order valence-electron chi connectivity index (χ3n) is 4.09. The minimum atomic E-state index is 0.107. The molecule has 2 aromatic rings. The quantitative estimate of drug-likeness (QED) is 0.613. The van der Waals surface area contributed by atoms with Gasteiger partial charge in [0.25, 0.3) is 0 Å². The van der Waals surface area contributed by atoms with Crippen molar-refractivity contribution in [2.24, 2.45) is 0 Å². The fourth-order valence-electron chi connectivity index (χ4n) is 2.90. The Labute approximate surface area is 132 Å². The highest BCUT2D eigenvalue weighted by Gasteiger charge is 2.16. The van der Waals surface area contributed by atoms with E-state index >= 15 is 0 Å². The Balaban J connectivity index is 1.77. The summed E-state index contributed by atoms with van der Waals surface area (Å²) in [6.45, 7) is 1.91. The Morgan fingerprint density at radius 3 is 2.36 bits per heavy atom. The second-order valence-corrected chi connectivity index (χ2v) is 5.73. The van der Waals surface area contributed by atoms with Crippen LogP contribution in [0.25, 0.3) is 0 Å². The van der Waals surface area contributed by atoms with Crippen molar-refractivity contribution < 1.29 is 4.79 Å². The Kier molecular flexibility index (Phi) is 4.69. The average Bonchev–Trinajstić information content (AvgIpc) is 2.58. The van der Waals surface area contributed by atoms with Crippen LogP contribution in [0.4, 0.5) is 0 Å². The van der Waals surface area contributed by atoms with Crippen molar-refractivity contribution in [2.75, 3.05) is 6.54 Å². The van der Waals surface area contributed by atoms with Crippen molar-refractivity contribution in [3.05, 3.63) is 83.6 Å². The zero-order valence-corrected chi connectivity index (χ0v) is 12.7. The molecule has 1 aliphatic rings. The van der Waals surface area contributed by atoms with Crippen LogP contribution in [-0.4, -0.2) is 17.2 Å². The molecule has 3 rings (SSSR count). The number of rotatable bonds is 4. The van der Waals surface area contributed by atoms with Crippen LogP contribution in [0.1, 0.15) is 35.2 Å². The Hall–Kier alpha value is -2.35. The molecule has 22 heavy (non-hydrogen) atoms. The molecule has 0 atom stereocenters. The number of allylic oxidation sites excluding steroid dienone is 2. The molecule has 1 fully saturated rings. The van der Waals surface area contributed by atoms with Crippen LogP contribution >= 0.6 is 0 Å². The average molecular weight is 291 g/mol. The molecule has 0 spiro atoms. The number of carbonyl (C=O) groups is 1. The van der Waals surface area contributed by atoms with Crippen LogP contribution in [0, 0.1) is 0 Å². The molecule has 0 N–H and O–H groups in total.